The standard InChI is InChI=1S/C23H26O8/c1-15(24)29-12-4-5-17-6-9-19(10-7-17)31-22(14-30-16(2)25)23(27)18-8-11-20(26)21(13-18)28-3/h4-11,13,22-23,26-27H,12,14H2,1-3H3/b5-4+/t22-,23+/m0/s1. The van der Waals surface area contributed by atoms with Gasteiger partial charge < -0.3 is 29.2 Å². The van der Waals surface area contributed by atoms with E-state index in [1.807, 2.05) is 0 Å². The Morgan fingerprint density at radius 1 is 1.03 bits per heavy atom. The molecule has 0 aromatic heterocycles. The van der Waals surface area contributed by atoms with Crippen molar-refractivity contribution in [2.45, 2.75) is 26.1 Å². The van der Waals surface area contributed by atoms with Crippen LogP contribution in [-0.4, -0.2) is 48.6 Å². The number of carbonyl (C=O) groups is 2. The summed E-state index contributed by atoms with van der Waals surface area (Å²) in [6.45, 7) is 2.61. The Hall–Kier alpha value is -3.52. The van der Waals surface area contributed by atoms with Crippen LogP contribution >= 0.6 is 0 Å². The summed E-state index contributed by atoms with van der Waals surface area (Å²) in [5.74, 6) is -0.255. The Labute approximate surface area is 180 Å². The molecule has 0 spiro atoms. The third-order valence-electron chi connectivity index (χ3n) is 4.21. The number of esters is 2. The predicted octanol–water partition coefficient (Wildman–Crippen LogP) is 3.02. The topological polar surface area (TPSA) is 112 Å². The Bertz CT molecular complexity index is 904. The first-order valence-corrected chi connectivity index (χ1v) is 9.55. The molecule has 0 radical (unpaired) electrons. The van der Waals surface area contributed by atoms with Gasteiger partial charge in [-0.05, 0) is 41.5 Å². The summed E-state index contributed by atoms with van der Waals surface area (Å²) in [7, 11) is 1.40. The van der Waals surface area contributed by atoms with Gasteiger partial charge in [0.2, 0.25) is 0 Å². The van der Waals surface area contributed by atoms with Crippen LogP contribution in [-0.2, 0) is 19.1 Å². The minimum atomic E-state index is -1.16. The minimum absolute atomic E-state index is 0.0618. The van der Waals surface area contributed by atoms with E-state index in [0.29, 0.717) is 11.3 Å². The van der Waals surface area contributed by atoms with E-state index < -0.39 is 18.2 Å². The second-order valence-electron chi connectivity index (χ2n) is 6.61. The van der Waals surface area contributed by atoms with Crippen molar-refractivity contribution >= 4 is 18.0 Å². The number of aliphatic hydroxyl groups is 1. The molecule has 166 valence electrons. The smallest absolute Gasteiger partial charge is 0.302 e. The van der Waals surface area contributed by atoms with Gasteiger partial charge in [-0.3, -0.25) is 9.59 Å². The number of hydrogen-bond donors (Lipinski definition) is 2. The zero-order valence-corrected chi connectivity index (χ0v) is 17.6. The number of rotatable bonds is 10. The molecule has 2 atom stereocenters. The first kappa shape index (κ1) is 23.8. The third-order valence-corrected chi connectivity index (χ3v) is 4.21. The van der Waals surface area contributed by atoms with Gasteiger partial charge in [0.25, 0.3) is 0 Å². The van der Waals surface area contributed by atoms with Crippen molar-refractivity contribution in [1.82, 2.24) is 0 Å². The highest BCUT2D eigenvalue weighted by Crippen LogP contribution is 2.31. The van der Waals surface area contributed by atoms with Gasteiger partial charge in [0.05, 0.1) is 7.11 Å². The summed E-state index contributed by atoms with van der Waals surface area (Å²) in [6.07, 6.45) is 1.45. The molecule has 0 fully saturated rings. The molecule has 2 aromatic carbocycles. The number of phenols is 1. The Morgan fingerprint density at radius 2 is 1.71 bits per heavy atom. The van der Waals surface area contributed by atoms with Gasteiger partial charge in [0, 0.05) is 13.8 Å². The number of methoxy groups -OCH3 is 1. The number of aromatic hydroxyl groups is 1. The van der Waals surface area contributed by atoms with Gasteiger partial charge >= 0.3 is 11.9 Å². The van der Waals surface area contributed by atoms with Crippen molar-refractivity contribution in [2.75, 3.05) is 20.3 Å². The molecular formula is C23H26O8. The monoisotopic (exact) mass is 430 g/mol. The van der Waals surface area contributed by atoms with Crippen LogP contribution in [0.4, 0.5) is 0 Å². The number of phenolic OH excluding ortho intramolecular Hbond substituents is 1. The minimum Gasteiger partial charge on any atom is -0.504 e. The molecule has 0 saturated carbocycles. The van der Waals surface area contributed by atoms with Crippen LogP contribution in [0.2, 0.25) is 0 Å². The highest BCUT2D eigenvalue weighted by atomic mass is 16.6. The summed E-state index contributed by atoms with van der Waals surface area (Å²) < 4.78 is 20.8. The normalized spacial score (nSPS) is 12.8. The van der Waals surface area contributed by atoms with Crippen LogP contribution in [0.1, 0.15) is 31.1 Å². The fraction of sp³-hybridized carbons (Fsp3) is 0.304. The molecule has 0 heterocycles. The second kappa shape index (κ2) is 11.6. The zero-order valence-electron chi connectivity index (χ0n) is 17.6. The van der Waals surface area contributed by atoms with Crippen molar-refractivity contribution in [2.24, 2.45) is 0 Å². The molecule has 0 bridgehead atoms. The molecule has 2 aromatic rings. The van der Waals surface area contributed by atoms with Crippen molar-refractivity contribution in [3.8, 4) is 17.2 Å². The summed E-state index contributed by atoms with van der Waals surface area (Å²) in [6, 6.07) is 11.4. The summed E-state index contributed by atoms with van der Waals surface area (Å²) in [5.41, 5.74) is 1.29. The highest BCUT2D eigenvalue weighted by molar-refractivity contribution is 5.66. The van der Waals surface area contributed by atoms with Gasteiger partial charge in [0.15, 0.2) is 17.6 Å². The molecule has 31 heavy (non-hydrogen) atoms. The molecule has 0 saturated heterocycles. The molecule has 0 unspecified atom stereocenters. The SMILES string of the molecule is COc1cc([C@@H](O)[C@H](COC(C)=O)Oc2ccc(/C=C/COC(C)=O)cc2)ccc1O. The van der Waals surface area contributed by atoms with Crippen LogP contribution in [0.3, 0.4) is 0 Å². The number of carbonyl (C=O) groups excluding carboxylic acids is 2. The van der Waals surface area contributed by atoms with Gasteiger partial charge in [-0.25, -0.2) is 0 Å². The van der Waals surface area contributed by atoms with Crippen molar-refractivity contribution in [3.63, 3.8) is 0 Å². The maximum atomic E-state index is 11.3. The molecule has 0 amide bonds. The first-order valence-electron chi connectivity index (χ1n) is 9.55. The average molecular weight is 430 g/mol. The number of aliphatic hydroxyl groups excluding tert-OH is 1. The van der Waals surface area contributed by atoms with Crippen LogP contribution < -0.4 is 9.47 Å². The molecule has 2 N–H and O–H groups in total. The van der Waals surface area contributed by atoms with E-state index >= 15 is 0 Å². The maximum absolute atomic E-state index is 11.3. The molecule has 0 aliphatic heterocycles. The number of ether oxygens (including phenoxy) is 4. The van der Waals surface area contributed by atoms with Crippen molar-refractivity contribution in [3.05, 3.63) is 59.7 Å². The zero-order chi connectivity index (χ0) is 22.8. The van der Waals surface area contributed by atoms with Gasteiger partial charge in [-0.2, -0.15) is 0 Å². The highest BCUT2D eigenvalue weighted by Gasteiger charge is 2.25. The van der Waals surface area contributed by atoms with E-state index in [1.54, 1.807) is 36.4 Å². The van der Waals surface area contributed by atoms with Crippen LogP contribution in [0.15, 0.2) is 48.5 Å². The largest absolute Gasteiger partial charge is 0.504 e. The fourth-order valence-electron chi connectivity index (χ4n) is 2.66. The van der Waals surface area contributed by atoms with Crippen LogP contribution in [0, 0.1) is 0 Å². The molecule has 2 rings (SSSR count). The average Bonchev–Trinajstić information content (AvgIpc) is 2.74. The van der Waals surface area contributed by atoms with E-state index in [9.17, 15) is 19.8 Å². The van der Waals surface area contributed by atoms with Gasteiger partial charge in [0.1, 0.15) is 25.1 Å². The van der Waals surface area contributed by atoms with Crippen LogP contribution in [0.25, 0.3) is 6.08 Å². The molecule has 0 aliphatic rings. The van der Waals surface area contributed by atoms with Crippen molar-refractivity contribution in [1.29, 1.82) is 0 Å². The van der Waals surface area contributed by atoms with E-state index in [-0.39, 0.29) is 30.7 Å². The quantitative estimate of drug-likeness (QED) is 0.554. The lowest BCUT2D eigenvalue weighted by atomic mass is 10.0. The van der Waals surface area contributed by atoms with Gasteiger partial charge in [-0.15, -0.1) is 0 Å². The van der Waals surface area contributed by atoms with E-state index in [4.69, 9.17) is 18.9 Å². The number of benzene rings is 2. The molecule has 8 nitrogen and oxygen atoms in total. The van der Waals surface area contributed by atoms with Crippen molar-refractivity contribution < 1.29 is 38.7 Å². The second-order valence-corrected chi connectivity index (χ2v) is 6.61. The van der Waals surface area contributed by atoms with Crippen LogP contribution in [0.5, 0.6) is 17.2 Å². The predicted molar refractivity (Wildman–Crippen MR) is 113 cm³/mol. The third kappa shape index (κ3) is 7.67. The fourth-order valence-corrected chi connectivity index (χ4v) is 2.66. The Morgan fingerprint density at radius 3 is 2.32 bits per heavy atom. The lowest BCUT2D eigenvalue weighted by molar-refractivity contribution is -0.145. The Kier molecular flexibility index (Phi) is 8.90. The lowest BCUT2D eigenvalue weighted by Crippen LogP contribution is -2.31. The molecular weight excluding hydrogens is 404 g/mol. The van der Waals surface area contributed by atoms with Gasteiger partial charge in [-0.1, -0.05) is 24.3 Å². The molecule has 0 aliphatic carbocycles. The summed E-state index contributed by atoms with van der Waals surface area (Å²) in [4.78, 5) is 22.0. The summed E-state index contributed by atoms with van der Waals surface area (Å²) in [5, 5.41) is 20.6. The Balaban J connectivity index is 2.13. The lowest BCUT2D eigenvalue weighted by Gasteiger charge is -2.24. The van der Waals surface area contributed by atoms with E-state index in [0.717, 1.165) is 5.56 Å². The maximum Gasteiger partial charge on any atom is 0.302 e. The first-order chi connectivity index (χ1) is 14.8. The van der Waals surface area contributed by atoms with E-state index in [1.165, 1.54) is 39.2 Å². The number of hydrogen-bond acceptors (Lipinski definition) is 8. The summed E-state index contributed by atoms with van der Waals surface area (Å²) >= 11 is 0. The van der Waals surface area contributed by atoms with E-state index in [2.05, 4.69) is 0 Å². The molecule has 8 heteroatoms.